The van der Waals surface area contributed by atoms with Crippen molar-refractivity contribution in [1.82, 2.24) is 9.97 Å². The van der Waals surface area contributed by atoms with Gasteiger partial charge in [-0.3, -0.25) is 0 Å². The molecule has 1 atom stereocenters. The van der Waals surface area contributed by atoms with Crippen LogP contribution >= 0.6 is 0 Å². The molecule has 0 spiro atoms. The number of aryl methyl sites for hydroxylation is 2. The molecule has 5 heteroatoms. The summed E-state index contributed by atoms with van der Waals surface area (Å²) in [7, 11) is 1.64. The molecule has 1 aliphatic heterocycles. The van der Waals surface area contributed by atoms with Gasteiger partial charge in [-0.05, 0) is 31.9 Å². The third-order valence-corrected chi connectivity index (χ3v) is 4.19. The Bertz CT molecular complexity index is 675. The Balaban J connectivity index is 1.63. The second kappa shape index (κ2) is 6.86. The van der Waals surface area contributed by atoms with Crippen molar-refractivity contribution >= 4 is 5.82 Å². The normalized spacial score (nSPS) is 17.3. The molecule has 0 saturated carbocycles. The molecule has 2 aromatic rings. The van der Waals surface area contributed by atoms with Crippen molar-refractivity contribution in [3.63, 3.8) is 0 Å². The number of anilines is 1. The van der Waals surface area contributed by atoms with Crippen LogP contribution in [-0.4, -0.2) is 36.8 Å². The van der Waals surface area contributed by atoms with Crippen LogP contribution in [-0.2, 0) is 0 Å². The van der Waals surface area contributed by atoms with Crippen molar-refractivity contribution in [2.75, 3.05) is 31.7 Å². The molecule has 0 N–H and O–H groups in total. The van der Waals surface area contributed by atoms with E-state index in [1.807, 2.05) is 25.1 Å². The summed E-state index contributed by atoms with van der Waals surface area (Å²) in [6.45, 7) is 6.62. The number of hydrogen-bond donors (Lipinski definition) is 0. The number of para-hydroxylation sites is 1. The maximum atomic E-state index is 5.99. The van der Waals surface area contributed by atoms with E-state index in [4.69, 9.17) is 9.47 Å². The molecular formula is C18H23N3O2. The summed E-state index contributed by atoms with van der Waals surface area (Å²) in [4.78, 5) is 11.1. The number of nitrogens with zero attached hydrogens (tertiary/aromatic N) is 3. The molecule has 1 unspecified atom stereocenters. The quantitative estimate of drug-likeness (QED) is 0.849. The number of ether oxygens (including phenoxy) is 2. The third-order valence-electron chi connectivity index (χ3n) is 4.19. The van der Waals surface area contributed by atoms with Crippen LogP contribution < -0.4 is 14.4 Å². The maximum absolute atomic E-state index is 5.99. The van der Waals surface area contributed by atoms with E-state index in [0.29, 0.717) is 11.8 Å². The van der Waals surface area contributed by atoms with Gasteiger partial charge in [-0.2, -0.15) is 0 Å². The van der Waals surface area contributed by atoms with Gasteiger partial charge >= 0.3 is 0 Å². The van der Waals surface area contributed by atoms with Crippen LogP contribution in [0.25, 0.3) is 0 Å². The van der Waals surface area contributed by atoms with Gasteiger partial charge in [0.2, 0.25) is 0 Å². The summed E-state index contributed by atoms with van der Waals surface area (Å²) in [5.74, 6) is 2.89. The number of methoxy groups -OCH3 is 1. The van der Waals surface area contributed by atoms with Crippen LogP contribution in [0.3, 0.4) is 0 Å². The molecule has 5 nitrogen and oxygen atoms in total. The molecule has 23 heavy (non-hydrogen) atoms. The Morgan fingerprint density at radius 3 is 2.87 bits per heavy atom. The zero-order chi connectivity index (χ0) is 16.2. The summed E-state index contributed by atoms with van der Waals surface area (Å²) in [6, 6.07) is 8.14. The van der Waals surface area contributed by atoms with Gasteiger partial charge in [-0.25, -0.2) is 9.97 Å². The highest BCUT2D eigenvalue weighted by Crippen LogP contribution is 2.29. The minimum Gasteiger partial charge on any atom is -0.493 e. The predicted molar refractivity (Wildman–Crippen MR) is 90.3 cm³/mol. The lowest BCUT2D eigenvalue weighted by Crippen LogP contribution is -2.24. The van der Waals surface area contributed by atoms with Gasteiger partial charge in [0.15, 0.2) is 5.82 Å². The van der Waals surface area contributed by atoms with Crippen molar-refractivity contribution in [3.8, 4) is 11.6 Å². The Labute approximate surface area is 137 Å². The van der Waals surface area contributed by atoms with Crippen LogP contribution in [0.5, 0.6) is 11.6 Å². The van der Waals surface area contributed by atoms with Crippen LogP contribution in [0.4, 0.5) is 5.82 Å². The van der Waals surface area contributed by atoms with Gasteiger partial charge in [-0.15, -0.1) is 0 Å². The molecule has 3 rings (SSSR count). The van der Waals surface area contributed by atoms with Crippen molar-refractivity contribution in [2.45, 2.75) is 20.3 Å². The van der Waals surface area contributed by atoms with Gasteiger partial charge in [-0.1, -0.05) is 18.2 Å². The summed E-state index contributed by atoms with van der Waals surface area (Å²) in [5.41, 5.74) is 2.08. The summed E-state index contributed by atoms with van der Waals surface area (Å²) >= 11 is 0. The average Bonchev–Trinajstić information content (AvgIpc) is 3.03. The molecule has 1 fully saturated rings. The molecule has 1 aromatic heterocycles. The molecule has 122 valence electrons. The summed E-state index contributed by atoms with van der Waals surface area (Å²) in [6.07, 6.45) is 2.82. The lowest BCUT2D eigenvalue weighted by Gasteiger charge is -2.20. The molecular weight excluding hydrogens is 290 g/mol. The highest BCUT2D eigenvalue weighted by molar-refractivity contribution is 5.49. The van der Waals surface area contributed by atoms with Gasteiger partial charge in [0.05, 0.1) is 25.6 Å². The Morgan fingerprint density at radius 1 is 1.26 bits per heavy atom. The van der Waals surface area contributed by atoms with Crippen LogP contribution in [0.15, 0.2) is 30.5 Å². The van der Waals surface area contributed by atoms with E-state index in [2.05, 4.69) is 27.9 Å². The Morgan fingerprint density at radius 2 is 2.09 bits per heavy atom. The second-order valence-electron chi connectivity index (χ2n) is 6.02. The predicted octanol–water partition coefficient (Wildman–Crippen LogP) is 3.01. The van der Waals surface area contributed by atoms with E-state index in [1.165, 1.54) is 5.56 Å². The largest absolute Gasteiger partial charge is 0.493 e. The monoisotopic (exact) mass is 313 g/mol. The Hall–Kier alpha value is -2.30. The first kappa shape index (κ1) is 15.6. The lowest BCUT2D eigenvalue weighted by atomic mass is 10.1. The fraction of sp³-hybridized carbons (Fsp3) is 0.444. The lowest BCUT2D eigenvalue weighted by molar-refractivity contribution is 0.259. The zero-order valence-electron chi connectivity index (χ0n) is 14.0. The number of hydrogen-bond acceptors (Lipinski definition) is 5. The van der Waals surface area contributed by atoms with Crippen molar-refractivity contribution < 1.29 is 9.47 Å². The van der Waals surface area contributed by atoms with Gasteiger partial charge < -0.3 is 14.4 Å². The molecule has 0 bridgehead atoms. The minimum absolute atomic E-state index is 0.488. The first-order valence-corrected chi connectivity index (χ1v) is 7.98. The van der Waals surface area contributed by atoms with Gasteiger partial charge in [0.25, 0.3) is 5.88 Å². The first-order valence-electron chi connectivity index (χ1n) is 7.98. The molecule has 0 aliphatic carbocycles. The third kappa shape index (κ3) is 3.55. The number of benzene rings is 1. The van der Waals surface area contributed by atoms with E-state index in [9.17, 15) is 0 Å². The van der Waals surface area contributed by atoms with E-state index in [1.54, 1.807) is 13.3 Å². The van der Waals surface area contributed by atoms with E-state index in [0.717, 1.165) is 43.4 Å². The van der Waals surface area contributed by atoms with Crippen molar-refractivity contribution in [3.05, 3.63) is 41.7 Å². The van der Waals surface area contributed by atoms with Crippen molar-refractivity contribution in [2.24, 2.45) is 5.92 Å². The van der Waals surface area contributed by atoms with Crippen LogP contribution in [0, 0.1) is 19.8 Å². The molecule has 0 amide bonds. The number of rotatable bonds is 5. The van der Waals surface area contributed by atoms with E-state index >= 15 is 0 Å². The minimum atomic E-state index is 0.488. The van der Waals surface area contributed by atoms with Crippen LogP contribution in [0.2, 0.25) is 0 Å². The standard InChI is InChI=1S/C18H23N3O2/c1-13-6-4-5-7-16(13)23-12-15-8-9-21(11-15)17-18(22-3)19-10-14(2)20-17/h4-7,10,15H,8-9,11-12H2,1-3H3. The summed E-state index contributed by atoms with van der Waals surface area (Å²) in [5, 5.41) is 0. The van der Waals surface area contributed by atoms with E-state index in [-0.39, 0.29) is 0 Å². The second-order valence-corrected chi connectivity index (χ2v) is 6.02. The van der Waals surface area contributed by atoms with Gasteiger partial charge in [0.1, 0.15) is 5.75 Å². The molecule has 2 heterocycles. The zero-order valence-corrected chi connectivity index (χ0v) is 14.0. The highest BCUT2D eigenvalue weighted by atomic mass is 16.5. The topological polar surface area (TPSA) is 47.5 Å². The van der Waals surface area contributed by atoms with Crippen molar-refractivity contribution in [1.29, 1.82) is 0 Å². The fourth-order valence-electron chi connectivity index (χ4n) is 2.89. The smallest absolute Gasteiger partial charge is 0.257 e. The highest BCUT2D eigenvalue weighted by Gasteiger charge is 2.27. The fourth-order valence-corrected chi connectivity index (χ4v) is 2.89. The molecule has 1 saturated heterocycles. The Kier molecular flexibility index (Phi) is 4.65. The molecule has 1 aromatic carbocycles. The van der Waals surface area contributed by atoms with Crippen LogP contribution in [0.1, 0.15) is 17.7 Å². The first-order chi connectivity index (χ1) is 11.2. The maximum Gasteiger partial charge on any atom is 0.257 e. The average molecular weight is 313 g/mol. The van der Waals surface area contributed by atoms with E-state index < -0.39 is 0 Å². The molecule has 1 aliphatic rings. The SMILES string of the molecule is COc1ncc(C)nc1N1CCC(COc2ccccc2C)C1. The number of aromatic nitrogens is 2. The summed E-state index contributed by atoms with van der Waals surface area (Å²) < 4.78 is 11.3. The van der Waals surface area contributed by atoms with Gasteiger partial charge in [0, 0.05) is 19.0 Å². The molecule has 0 radical (unpaired) electrons.